The second-order valence-electron chi connectivity index (χ2n) is 6.34. The highest BCUT2D eigenvalue weighted by Crippen LogP contribution is 2.33. The van der Waals surface area contributed by atoms with E-state index in [1.54, 1.807) is 22.8 Å². The Morgan fingerprint density at radius 1 is 1.21 bits per heavy atom. The molecule has 1 N–H and O–H groups in total. The van der Waals surface area contributed by atoms with Gasteiger partial charge in [-0.15, -0.1) is 0 Å². The number of carboxylic acids is 1. The van der Waals surface area contributed by atoms with Gasteiger partial charge in [-0.1, -0.05) is 31.5 Å². The number of aryl methyl sites for hydroxylation is 1. The third-order valence-electron chi connectivity index (χ3n) is 4.24. The standard InChI is InChI=1S/C19H18ClNO3/c1-10(2)17-14(20)7-6-13-18(17)21(9-16(22)23)15-8-11(3)4-5-12(15)19(13)24/h4-8,10H,9H2,1-3H3,(H,22,23). The molecule has 4 nitrogen and oxygen atoms in total. The van der Waals surface area contributed by atoms with E-state index in [4.69, 9.17) is 11.6 Å². The largest absolute Gasteiger partial charge is 0.480 e. The number of fused-ring (bicyclic) bond motifs is 2. The average Bonchev–Trinajstić information content (AvgIpc) is 2.50. The van der Waals surface area contributed by atoms with Crippen LogP contribution in [0, 0.1) is 6.92 Å². The molecule has 1 aromatic heterocycles. The third kappa shape index (κ3) is 2.57. The van der Waals surface area contributed by atoms with Crippen molar-refractivity contribution in [2.24, 2.45) is 0 Å². The lowest BCUT2D eigenvalue weighted by Gasteiger charge is -2.19. The summed E-state index contributed by atoms with van der Waals surface area (Å²) >= 11 is 6.38. The minimum atomic E-state index is -0.961. The lowest BCUT2D eigenvalue weighted by molar-refractivity contribution is -0.137. The molecule has 3 aromatic rings. The van der Waals surface area contributed by atoms with E-state index in [1.165, 1.54) is 0 Å². The molecule has 0 bridgehead atoms. The van der Waals surface area contributed by atoms with Gasteiger partial charge in [0, 0.05) is 15.8 Å². The maximum Gasteiger partial charge on any atom is 0.323 e. The summed E-state index contributed by atoms with van der Waals surface area (Å²) in [7, 11) is 0. The lowest BCUT2D eigenvalue weighted by Crippen LogP contribution is -2.17. The quantitative estimate of drug-likeness (QED) is 0.720. The highest BCUT2D eigenvalue weighted by Gasteiger charge is 2.19. The smallest absolute Gasteiger partial charge is 0.323 e. The summed E-state index contributed by atoms with van der Waals surface area (Å²) in [5, 5.41) is 11.0. The molecule has 3 rings (SSSR count). The Morgan fingerprint density at radius 3 is 2.50 bits per heavy atom. The molecule has 0 aliphatic carbocycles. The zero-order valence-electron chi connectivity index (χ0n) is 13.8. The molecule has 24 heavy (non-hydrogen) atoms. The van der Waals surface area contributed by atoms with Gasteiger partial charge in [0.1, 0.15) is 6.54 Å². The number of benzene rings is 2. The second-order valence-corrected chi connectivity index (χ2v) is 6.75. The predicted molar refractivity (Wildman–Crippen MR) is 97.2 cm³/mol. The highest BCUT2D eigenvalue weighted by molar-refractivity contribution is 6.32. The first-order chi connectivity index (χ1) is 11.3. The first-order valence-corrected chi connectivity index (χ1v) is 8.16. The van der Waals surface area contributed by atoms with E-state index in [0.717, 1.165) is 11.1 Å². The van der Waals surface area contributed by atoms with Gasteiger partial charge in [-0.2, -0.15) is 0 Å². The fourth-order valence-electron chi connectivity index (χ4n) is 3.23. The topological polar surface area (TPSA) is 59.3 Å². The van der Waals surface area contributed by atoms with E-state index in [9.17, 15) is 14.7 Å². The monoisotopic (exact) mass is 343 g/mol. The van der Waals surface area contributed by atoms with Crippen LogP contribution in [0.1, 0.15) is 30.9 Å². The van der Waals surface area contributed by atoms with Crippen molar-refractivity contribution in [2.45, 2.75) is 33.2 Å². The predicted octanol–water partition coefficient (Wildman–Crippen LogP) is 4.32. The Kier molecular flexibility index (Phi) is 4.10. The number of carbonyl (C=O) groups is 1. The van der Waals surface area contributed by atoms with Crippen LogP contribution in [0.15, 0.2) is 35.1 Å². The van der Waals surface area contributed by atoms with Gasteiger partial charge in [-0.3, -0.25) is 9.59 Å². The van der Waals surface area contributed by atoms with Gasteiger partial charge < -0.3 is 9.67 Å². The Bertz CT molecular complexity index is 1030. The number of nitrogens with zero attached hydrogens (tertiary/aromatic N) is 1. The molecule has 1 heterocycles. The molecular weight excluding hydrogens is 326 g/mol. The third-order valence-corrected chi connectivity index (χ3v) is 4.57. The van der Waals surface area contributed by atoms with E-state index >= 15 is 0 Å². The molecule has 0 amide bonds. The van der Waals surface area contributed by atoms with E-state index < -0.39 is 5.97 Å². The minimum absolute atomic E-state index is 0.0582. The van der Waals surface area contributed by atoms with E-state index in [0.29, 0.717) is 26.8 Å². The van der Waals surface area contributed by atoms with Gasteiger partial charge in [-0.05, 0) is 48.2 Å². The van der Waals surface area contributed by atoms with Crippen molar-refractivity contribution in [1.29, 1.82) is 0 Å². The molecule has 0 aliphatic rings. The number of rotatable bonds is 3. The van der Waals surface area contributed by atoms with E-state index in [-0.39, 0.29) is 17.9 Å². The summed E-state index contributed by atoms with van der Waals surface area (Å²) in [5.41, 5.74) is 2.91. The average molecular weight is 344 g/mol. The number of carboxylic acid groups (broad SMARTS) is 1. The maximum atomic E-state index is 12.9. The van der Waals surface area contributed by atoms with Crippen LogP contribution >= 0.6 is 11.6 Å². The van der Waals surface area contributed by atoms with Crippen molar-refractivity contribution in [3.05, 3.63) is 56.7 Å². The van der Waals surface area contributed by atoms with Gasteiger partial charge in [0.2, 0.25) is 0 Å². The van der Waals surface area contributed by atoms with Crippen LogP contribution < -0.4 is 5.43 Å². The van der Waals surface area contributed by atoms with Crippen LogP contribution in [-0.2, 0) is 11.3 Å². The summed E-state index contributed by atoms with van der Waals surface area (Å²) < 4.78 is 1.70. The maximum absolute atomic E-state index is 12.9. The van der Waals surface area contributed by atoms with Crippen LogP contribution in [-0.4, -0.2) is 15.6 Å². The molecule has 5 heteroatoms. The van der Waals surface area contributed by atoms with Gasteiger partial charge >= 0.3 is 5.97 Å². The lowest BCUT2D eigenvalue weighted by atomic mass is 9.97. The summed E-state index contributed by atoms with van der Waals surface area (Å²) in [4.78, 5) is 24.4. The SMILES string of the molecule is Cc1ccc2c(=O)c3ccc(Cl)c(C(C)C)c3n(CC(=O)O)c2c1. The van der Waals surface area contributed by atoms with Crippen LogP contribution in [0.3, 0.4) is 0 Å². The minimum Gasteiger partial charge on any atom is -0.480 e. The number of pyridine rings is 1. The number of halogens is 1. The molecule has 0 fully saturated rings. The normalized spacial score (nSPS) is 11.5. The molecular formula is C19H18ClNO3. The summed E-state index contributed by atoms with van der Waals surface area (Å²) in [6, 6.07) is 8.87. The fourth-order valence-corrected chi connectivity index (χ4v) is 3.60. The van der Waals surface area contributed by atoms with Crippen molar-refractivity contribution < 1.29 is 9.90 Å². The molecule has 0 saturated heterocycles. The molecule has 0 aliphatic heterocycles. The zero-order chi connectivity index (χ0) is 17.6. The second kappa shape index (κ2) is 5.95. The Hall–Kier alpha value is -2.33. The summed E-state index contributed by atoms with van der Waals surface area (Å²) in [5.74, 6) is -0.902. The highest BCUT2D eigenvalue weighted by atomic mass is 35.5. The molecule has 124 valence electrons. The fraction of sp³-hybridized carbons (Fsp3) is 0.263. The van der Waals surface area contributed by atoms with Crippen LogP contribution in [0.5, 0.6) is 0 Å². The Labute approximate surface area is 144 Å². The molecule has 0 spiro atoms. The van der Waals surface area contributed by atoms with E-state index in [2.05, 4.69) is 0 Å². The Balaban J connectivity index is 2.65. The van der Waals surface area contributed by atoms with Gasteiger partial charge in [0.05, 0.1) is 11.0 Å². The van der Waals surface area contributed by atoms with Gasteiger partial charge in [0.25, 0.3) is 0 Å². The molecule has 0 radical (unpaired) electrons. The van der Waals surface area contributed by atoms with Crippen molar-refractivity contribution >= 4 is 39.4 Å². The van der Waals surface area contributed by atoms with Crippen LogP contribution in [0.2, 0.25) is 5.02 Å². The molecule has 0 atom stereocenters. The first-order valence-electron chi connectivity index (χ1n) is 7.78. The number of aliphatic carboxylic acids is 1. The summed E-state index contributed by atoms with van der Waals surface area (Å²) in [6.07, 6.45) is 0. The van der Waals surface area contributed by atoms with Crippen molar-refractivity contribution in [3.8, 4) is 0 Å². The number of aromatic nitrogens is 1. The van der Waals surface area contributed by atoms with Crippen molar-refractivity contribution in [1.82, 2.24) is 4.57 Å². The first kappa shape index (κ1) is 16.5. The van der Waals surface area contributed by atoms with Gasteiger partial charge in [0.15, 0.2) is 5.43 Å². The zero-order valence-corrected chi connectivity index (χ0v) is 14.5. The van der Waals surface area contributed by atoms with Gasteiger partial charge in [-0.25, -0.2) is 0 Å². The molecule has 0 unspecified atom stereocenters. The van der Waals surface area contributed by atoms with E-state index in [1.807, 2.05) is 32.9 Å². The van der Waals surface area contributed by atoms with Crippen LogP contribution in [0.4, 0.5) is 0 Å². The number of hydrogen-bond acceptors (Lipinski definition) is 2. The van der Waals surface area contributed by atoms with Crippen LogP contribution in [0.25, 0.3) is 21.8 Å². The molecule has 0 saturated carbocycles. The number of hydrogen-bond donors (Lipinski definition) is 1. The Morgan fingerprint density at radius 2 is 1.88 bits per heavy atom. The molecule has 2 aromatic carbocycles. The van der Waals surface area contributed by atoms with Crippen molar-refractivity contribution in [3.63, 3.8) is 0 Å². The van der Waals surface area contributed by atoms with Crippen molar-refractivity contribution in [2.75, 3.05) is 0 Å². The summed E-state index contributed by atoms with van der Waals surface area (Å²) in [6.45, 7) is 5.66.